The molecule has 4 heterocycles. The summed E-state index contributed by atoms with van der Waals surface area (Å²) < 4.78 is 14.6. The first-order chi connectivity index (χ1) is 17.5. The Morgan fingerprint density at radius 2 is 1.81 bits per heavy atom. The van der Waals surface area contributed by atoms with E-state index in [-0.39, 0.29) is 17.2 Å². The molecule has 0 atom stereocenters. The molecule has 0 saturated heterocycles. The van der Waals surface area contributed by atoms with E-state index >= 15 is 0 Å². The highest BCUT2D eigenvalue weighted by Crippen LogP contribution is 2.44. The van der Waals surface area contributed by atoms with Crippen molar-refractivity contribution in [2.45, 2.75) is 13.8 Å². The molecule has 0 aliphatic rings. The quantitative estimate of drug-likeness (QED) is 0.367. The van der Waals surface area contributed by atoms with Crippen molar-refractivity contribution in [3.63, 3.8) is 0 Å². The van der Waals surface area contributed by atoms with E-state index in [4.69, 9.17) is 10.7 Å². The van der Waals surface area contributed by atoms with Crippen molar-refractivity contribution < 1.29 is 4.39 Å². The van der Waals surface area contributed by atoms with Gasteiger partial charge < -0.3 is 10.6 Å². The standard InChI is InChI=1S/C27H21FN8/c1-3-36(26-19(14-29)25(30)33-15-34-26)27-23(21-8-4-5-11-31-21)22(24-16(2)7-6-12-32-24)18-13-17(28)9-10-20(18)35-27/h4-13,15H,3H2,1-2H3,(H2,30,33,34). The lowest BCUT2D eigenvalue weighted by Gasteiger charge is -2.27. The van der Waals surface area contributed by atoms with Crippen molar-refractivity contribution in [3.05, 3.63) is 84.2 Å². The largest absolute Gasteiger partial charge is 0.382 e. The summed E-state index contributed by atoms with van der Waals surface area (Å²) in [6.07, 6.45) is 4.70. The first kappa shape index (κ1) is 22.8. The molecule has 0 spiro atoms. The van der Waals surface area contributed by atoms with E-state index in [2.05, 4.69) is 26.0 Å². The number of anilines is 3. The summed E-state index contributed by atoms with van der Waals surface area (Å²) in [7, 11) is 0. The lowest BCUT2D eigenvalue weighted by Crippen LogP contribution is -2.22. The van der Waals surface area contributed by atoms with Crippen molar-refractivity contribution in [3.8, 4) is 28.6 Å². The minimum Gasteiger partial charge on any atom is -0.382 e. The number of fused-ring (bicyclic) bond motifs is 1. The number of pyridine rings is 3. The van der Waals surface area contributed by atoms with E-state index in [1.807, 2.05) is 44.2 Å². The number of hydrogen-bond donors (Lipinski definition) is 1. The first-order valence-electron chi connectivity index (χ1n) is 11.3. The molecule has 176 valence electrons. The van der Waals surface area contributed by atoms with Gasteiger partial charge >= 0.3 is 0 Å². The molecule has 4 aromatic heterocycles. The number of halogens is 1. The summed E-state index contributed by atoms with van der Waals surface area (Å²) in [4.78, 5) is 24.4. The second kappa shape index (κ2) is 9.35. The summed E-state index contributed by atoms with van der Waals surface area (Å²) in [6, 6.07) is 15.9. The summed E-state index contributed by atoms with van der Waals surface area (Å²) in [5, 5.41) is 10.4. The molecule has 0 radical (unpaired) electrons. The van der Waals surface area contributed by atoms with Gasteiger partial charge in [-0.15, -0.1) is 0 Å². The second-order valence-electron chi connectivity index (χ2n) is 8.04. The fraction of sp³-hybridized carbons (Fsp3) is 0.111. The minimum atomic E-state index is -0.387. The third-order valence-corrected chi connectivity index (χ3v) is 5.89. The van der Waals surface area contributed by atoms with Crippen LogP contribution in [0.4, 0.5) is 21.8 Å². The predicted molar refractivity (Wildman–Crippen MR) is 137 cm³/mol. The summed E-state index contributed by atoms with van der Waals surface area (Å²) in [5.74, 6) is 0.498. The van der Waals surface area contributed by atoms with Gasteiger partial charge in [0.2, 0.25) is 0 Å². The lowest BCUT2D eigenvalue weighted by atomic mass is 9.94. The van der Waals surface area contributed by atoms with Gasteiger partial charge in [-0.1, -0.05) is 12.1 Å². The van der Waals surface area contributed by atoms with E-state index in [0.717, 1.165) is 5.56 Å². The Kier molecular flexibility index (Phi) is 5.92. The Morgan fingerprint density at radius 3 is 2.53 bits per heavy atom. The molecule has 1 aromatic carbocycles. The van der Waals surface area contributed by atoms with Gasteiger partial charge in [0.05, 0.1) is 22.5 Å². The number of rotatable bonds is 5. The normalized spacial score (nSPS) is 10.8. The van der Waals surface area contributed by atoms with Gasteiger partial charge in [-0.3, -0.25) is 9.97 Å². The van der Waals surface area contributed by atoms with Crippen LogP contribution >= 0.6 is 0 Å². The lowest BCUT2D eigenvalue weighted by molar-refractivity contribution is 0.629. The summed E-state index contributed by atoms with van der Waals surface area (Å²) >= 11 is 0. The molecule has 0 bridgehead atoms. The number of aromatic nitrogens is 5. The van der Waals surface area contributed by atoms with Crippen LogP contribution in [0.25, 0.3) is 33.4 Å². The van der Waals surface area contributed by atoms with Gasteiger partial charge in [0.25, 0.3) is 0 Å². The van der Waals surface area contributed by atoms with E-state index in [9.17, 15) is 9.65 Å². The van der Waals surface area contributed by atoms with E-state index in [0.29, 0.717) is 51.6 Å². The van der Waals surface area contributed by atoms with Gasteiger partial charge in [0.1, 0.15) is 35.4 Å². The van der Waals surface area contributed by atoms with Crippen LogP contribution in [-0.2, 0) is 0 Å². The molecule has 0 aliphatic heterocycles. The van der Waals surface area contributed by atoms with E-state index in [1.54, 1.807) is 23.4 Å². The zero-order valence-electron chi connectivity index (χ0n) is 19.6. The summed E-state index contributed by atoms with van der Waals surface area (Å²) in [5.41, 5.74) is 10.2. The molecular formula is C27H21FN8. The topological polar surface area (TPSA) is 118 Å². The molecular weight excluding hydrogens is 455 g/mol. The molecule has 5 rings (SSSR count). The smallest absolute Gasteiger partial charge is 0.157 e. The van der Waals surface area contributed by atoms with E-state index in [1.165, 1.54) is 18.5 Å². The molecule has 2 N–H and O–H groups in total. The van der Waals surface area contributed by atoms with Crippen molar-refractivity contribution in [1.29, 1.82) is 5.26 Å². The van der Waals surface area contributed by atoms with E-state index < -0.39 is 0 Å². The molecule has 0 aliphatic carbocycles. The zero-order valence-corrected chi connectivity index (χ0v) is 19.6. The highest BCUT2D eigenvalue weighted by atomic mass is 19.1. The van der Waals surface area contributed by atoms with Crippen LogP contribution in [0.2, 0.25) is 0 Å². The molecule has 5 aromatic rings. The van der Waals surface area contributed by atoms with Gasteiger partial charge in [0, 0.05) is 29.9 Å². The monoisotopic (exact) mass is 476 g/mol. The number of nitriles is 1. The molecule has 0 saturated carbocycles. The molecule has 0 unspecified atom stereocenters. The van der Waals surface area contributed by atoms with Gasteiger partial charge in [-0.25, -0.2) is 19.3 Å². The van der Waals surface area contributed by atoms with Gasteiger partial charge in [0.15, 0.2) is 5.82 Å². The van der Waals surface area contributed by atoms with Crippen LogP contribution in [0.3, 0.4) is 0 Å². The number of nitrogens with zero attached hydrogens (tertiary/aromatic N) is 7. The van der Waals surface area contributed by atoms with Crippen molar-refractivity contribution in [2.75, 3.05) is 17.2 Å². The number of aryl methyl sites for hydroxylation is 1. The van der Waals surface area contributed by atoms with Crippen LogP contribution in [0.15, 0.2) is 67.3 Å². The molecule has 8 nitrogen and oxygen atoms in total. The van der Waals surface area contributed by atoms with Crippen molar-refractivity contribution >= 4 is 28.4 Å². The molecule has 36 heavy (non-hydrogen) atoms. The Bertz CT molecular complexity index is 1630. The number of benzene rings is 1. The first-order valence-corrected chi connectivity index (χ1v) is 11.3. The molecule has 0 amide bonds. The SMILES string of the molecule is CCN(c1ncnc(N)c1C#N)c1nc2ccc(F)cc2c(-c2ncccc2C)c1-c1ccccn1. The third kappa shape index (κ3) is 3.84. The zero-order chi connectivity index (χ0) is 25.2. The Morgan fingerprint density at radius 1 is 0.972 bits per heavy atom. The Balaban J connectivity index is 1.97. The molecule has 0 fully saturated rings. The third-order valence-electron chi connectivity index (χ3n) is 5.89. The van der Waals surface area contributed by atoms with Crippen LogP contribution in [0.5, 0.6) is 0 Å². The van der Waals surface area contributed by atoms with Crippen LogP contribution in [-0.4, -0.2) is 31.5 Å². The Labute approximate surface area is 207 Å². The fourth-order valence-electron chi connectivity index (χ4n) is 4.27. The maximum atomic E-state index is 14.6. The highest BCUT2D eigenvalue weighted by Gasteiger charge is 2.27. The second-order valence-corrected chi connectivity index (χ2v) is 8.04. The number of hydrogen-bond acceptors (Lipinski definition) is 8. The maximum absolute atomic E-state index is 14.6. The predicted octanol–water partition coefficient (Wildman–Crippen LogP) is 5.21. The average molecular weight is 477 g/mol. The van der Waals surface area contributed by atoms with Crippen LogP contribution in [0, 0.1) is 24.1 Å². The van der Waals surface area contributed by atoms with Gasteiger partial charge in [-0.05, 0) is 55.8 Å². The average Bonchev–Trinajstić information content (AvgIpc) is 2.89. The minimum absolute atomic E-state index is 0.0731. The van der Waals surface area contributed by atoms with Crippen LogP contribution in [0.1, 0.15) is 18.1 Å². The van der Waals surface area contributed by atoms with Crippen molar-refractivity contribution in [2.24, 2.45) is 0 Å². The fourth-order valence-corrected chi connectivity index (χ4v) is 4.27. The molecule has 9 heteroatoms. The number of nitrogen functional groups attached to an aromatic ring is 1. The van der Waals surface area contributed by atoms with Crippen molar-refractivity contribution in [1.82, 2.24) is 24.9 Å². The maximum Gasteiger partial charge on any atom is 0.157 e. The highest BCUT2D eigenvalue weighted by molar-refractivity contribution is 6.06. The summed E-state index contributed by atoms with van der Waals surface area (Å²) in [6.45, 7) is 4.28. The number of nitrogens with two attached hydrogens (primary N) is 1. The van der Waals surface area contributed by atoms with Crippen LogP contribution < -0.4 is 10.6 Å². The Hall–Kier alpha value is -4.97. The van der Waals surface area contributed by atoms with Gasteiger partial charge in [-0.2, -0.15) is 5.26 Å².